The summed E-state index contributed by atoms with van der Waals surface area (Å²) in [6.45, 7) is 4.19. The lowest BCUT2D eigenvalue weighted by molar-refractivity contribution is 0.0341. The lowest BCUT2D eigenvalue weighted by atomic mass is 10.1. The summed E-state index contributed by atoms with van der Waals surface area (Å²) in [5, 5.41) is 1.64. The maximum Gasteiger partial charge on any atom is 0.343 e. The highest BCUT2D eigenvalue weighted by Gasteiger charge is 2.13. The summed E-state index contributed by atoms with van der Waals surface area (Å²) in [5.41, 5.74) is 0.795. The van der Waals surface area contributed by atoms with Crippen molar-refractivity contribution in [3.8, 4) is 0 Å². The van der Waals surface area contributed by atoms with Gasteiger partial charge in [0, 0.05) is 25.2 Å². The van der Waals surface area contributed by atoms with Crippen LogP contribution in [0.25, 0.3) is 10.8 Å². The third kappa shape index (κ3) is 2.17. The zero-order chi connectivity index (χ0) is 12.4. The number of ether oxygens (including phenoxy) is 1. The van der Waals surface area contributed by atoms with Gasteiger partial charge in [-0.3, -0.25) is 4.90 Å². The van der Waals surface area contributed by atoms with E-state index in [1.807, 2.05) is 24.3 Å². The van der Waals surface area contributed by atoms with Gasteiger partial charge >= 0.3 is 5.63 Å². The fraction of sp³-hybridized carbons (Fsp3) is 0.357. The van der Waals surface area contributed by atoms with Crippen LogP contribution in [0.2, 0.25) is 0 Å². The van der Waals surface area contributed by atoms with Gasteiger partial charge in [-0.1, -0.05) is 18.2 Å². The van der Waals surface area contributed by atoms with Crippen molar-refractivity contribution < 1.29 is 9.15 Å². The van der Waals surface area contributed by atoms with Crippen molar-refractivity contribution in [3.63, 3.8) is 0 Å². The molecule has 0 radical (unpaired) electrons. The second kappa shape index (κ2) is 4.92. The highest BCUT2D eigenvalue weighted by molar-refractivity contribution is 5.83. The minimum atomic E-state index is -0.267. The van der Waals surface area contributed by atoms with Crippen molar-refractivity contribution in [3.05, 3.63) is 46.5 Å². The van der Waals surface area contributed by atoms with Gasteiger partial charge in [0.25, 0.3) is 0 Å². The normalized spacial score (nSPS) is 17.1. The third-order valence-corrected chi connectivity index (χ3v) is 3.30. The molecular weight excluding hydrogens is 230 g/mol. The van der Waals surface area contributed by atoms with Crippen LogP contribution in [0.5, 0.6) is 0 Å². The third-order valence-electron chi connectivity index (χ3n) is 3.30. The van der Waals surface area contributed by atoms with Crippen molar-refractivity contribution in [2.24, 2.45) is 0 Å². The van der Waals surface area contributed by atoms with E-state index < -0.39 is 0 Å². The Morgan fingerprint density at radius 2 is 1.83 bits per heavy atom. The SMILES string of the molecule is O=c1occ(CN2CCOCC2)c2ccccc12. The Balaban J connectivity index is 1.96. The Hall–Kier alpha value is -1.65. The number of hydrogen-bond acceptors (Lipinski definition) is 4. The molecule has 0 amide bonds. The van der Waals surface area contributed by atoms with Crippen LogP contribution in [0.3, 0.4) is 0 Å². The molecule has 4 heteroatoms. The van der Waals surface area contributed by atoms with Crippen molar-refractivity contribution in [1.82, 2.24) is 4.90 Å². The molecule has 1 aromatic carbocycles. The topological polar surface area (TPSA) is 42.7 Å². The molecule has 0 unspecified atom stereocenters. The molecule has 1 saturated heterocycles. The van der Waals surface area contributed by atoms with Gasteiger partial charge in [-0.2, -0.15) is 0 Å². The van der Waals surface area contributed by atoms with E-state index in [2.05, 4.69) is 4.90 Å². The zero-order valence-corrected chi connectivity index (χ0v) is 10.1. The van der Waals surface area contributed by atoms with Gasteiger partial charge in [0.05, 0.1) is 24.9 Å². The van der Waals surface area contributed by atoms with Crippen molar-refractivity contribution in [2.75, 3.05) is 26.3 Å². The summed E-state index contributed by atoms with van der Waals surface area (Å²) < 4.78 is 10.4. The quantitative estimate of drug-likeness (QED) is 0.806. The van der Waals surface area contributed by atoms with E-state index in [1.165, 1.54) is 0 Å². The van der Waals surface area contributed by atoms with Crippen LogP contribution in [0, 0.1) is 0 Å². The highest BCUT2D eigenvalue weighted by Crippen LogP contribution is 2.17. The van der Waals surface area contributed by atoms with Crippen LogP contribution in [-0.2, 0) is 11.3 Å². The maximum atomic E-state index is 11.6. The molecule has 3 rings (SSSR count). The van der Waals surface area contributed by atoms with Crippen LogP contribution >= 0.6 is 0 Å². The van der Waals surface area contributed by atoms with Gasteiger partial charge in [-0.15, -0.1) is 0 Å². The molecule has 18 heavy (non-hydrogen) atoms. The standard InChI is InChI=1S/C14H15NO3/c16-14-13-4-2-1-3-12(13)11(10-18-14)9-15-5-7-17-8-6-15/h1-4,10H,5-9H2. The Labute approximate surface area is 105 Å². The van der Waals surface area contributed by atoms with Gasteiger partial charge in [-0.05, 0) is 11.5 Å². The predicted octanol–water partition coefficient (Wildman–Crippen LogP) is 1.63. The lowest BCUT2D eigenvalue weighted by Gasteiger charge is -2.26. The number of nitrogens with zero attached hydrogens (tertiary/aromatic N) is 1. The smallest absolute Gasteiger partial charge is 0.343 e. The van der Waals surface area contributed by atoms with E-state index in [0.717, 1.165) is 43.8 Å². The number of rotatable bonds is 2. The number of benzene rings is 1. The minimum absolute atomic E-state index is 0.267. The summed E-state index contributed by atoms with van der Waals surface area (Å²) in [7, 11) is 0. The fourth-order valence-corrected chi connectivity index (χ4v) is 2.32. The summed E-state index contributed by atoms with van der Waals surface area (Å²) in [6, 6.07) is 7.59. The van der Waals surface area contributed by atoms with Gasteiger partial charge in [0.15, 0.2) is 0 Å². The molecule has 1 fully saturated rings. The Morgan fingerprint density at radius 3 is 2.61 bits per heavy atom. The highest BCUT2D eigenvalue weighted by atomic mass is 16.5. The summed E-state index contributed by atoms with van der Waals surface area (Å²) in [6.07, 6.45) is 1.58. The molecule has 2 aromatic rings. The molecular formula is C14H15NO3. The Morgan fingerprint density at radius 1 is 1.11 bits per heavy atom. The molecule has 0 spiro atoms. The lowest BCUT2D eigenvalue weighted by Crippen LogP contribution is -2.35. The second-order valence-electron chi connectivity index (χ2n) is 4.48. The first-order valence-electron chi connectivity index (χ1n) is 6.14. The molecule has 0 bridgehead atoms. The van der Waals surface area contributed by atoms with E-state index in [-0.39, 0.29) is 5.63 Å². The predicted molar refractivity (Wildman–Crippen MR) is 68.6 cm³/mol. The minimum Gasteiger partial charge on any atom is -0.431 e. The van der Waals surface area contributed by atoms with Gasteiger partial charge in [0.2, 0.25) is 0 Å². The first kappa shape index (κ1) is 11.4. The van der Waals surface area contributed by atoms with E-state index in [4.69, 9.17) is 9.15 Å². The molecule has 1 aromatic heterocycles. The summed E-state index contributed by atoms with van der Waals surface area (Å²) in [4.78, 5) is 13.9. The fourth-order valence-electron chi connectivity index (χ4n) is 2.32. The van der Waals surface area contributed by atoms with E-state index in [1.54, 1.807) is 6.26 Å². The van der Waals surface area contributed by atoms with Crippen LogP contribution in [0.4, 0.5) is 0 Å². The van der Waals surface area contributed by atoms with E-state index in [9.17, 15) is 4.79 Å². The second-order valence-corrected chi connectivity index (χ2v) is 4.48. The summed E-state index contributed by atoms with van der Waals surface area (Å²) >= 11 is 0. The molecule has 0 N–H and O–H groups in total. The molecule has 4 nitrogen and oxygen atoms in total. The largest absolute Gasteiger partial charge is 0.431 e. The molecule has 1 aliphatic heterocycles. The van der Waals surface area contributed by atoms with Crippen LogP contribution in [0.1, 0.15) is 5.56 Å². The van der Waals surface area contributed by atoms with E-state index >= 15 is 0 Å². The number of hydrogen-bond donors (Lipinski definition) is 0. The molecule has 0 saturated carbocycles. The molecule has 1 aliphatic rings. The zero-order valence-electron chi connectivity index (χ0n) is 10.1. The Bertz CT molecular complexity index is 599. The molecule has 2 heterocycles. The van der Waals surface area contributed by atoms with Gasteiger partial charge < -0.3 is 9.15 Å². The van der Waals surface area contributed by atoms with Crippen molar-refractivity contribution in [2.45, 2.75) is 6.54 Å². The van der Waals surface area contributed by atoms with Crippen LogP contribution in [-0.4, -0.2) is 31.2 Å². The number of morpholine rings is 1. The molecule has 94 valence electrons. The van der Waals surface area contributed by atoms with Gasteiger partial charge in [-0.25, -0.2) is 4.79 Å². The average Bonchev–Trinajstić information content (AvgIpc) is 2.44. The van der Waals surface area contributed by atoms with Crippen LogP contribution in [0.15, 0.2) is 39.7 Å². The maximum absolute atomic E-state index is 11.6. The monoisotopic (exact) mass is 245 g/mol. The summed E-state index contributed by atoms with van der Waals surface area (Å²) in [5.74, 6) is 0. The first-order chi connectivity index (χ1) is 8.84. The van der Waals surface area contributed by atoms with Crippen LogP contribution < -0.4 is 5.63 Å². The molecule has 0 aliphatic carbocycles. The average molecular weight is 245 g/mol. The number of fused-ring (bicyclic) bond motifs is 1. The van der Waals surface area contributed by atoms with E-state index in [0.29, 0.717) is 5.39 Å². The molecule has 0 atom stereocenters. The Kier molecular flexibility index (Phi) is 3.13. The first-order valence-corrected chi connectivity index (χ1v) is 6.14. The van der Waals surface area contributed by atoms with Crippen molar-refractivity contribution >= 4 is 10.8 Å². The van der Waals surface area contributed by atoms with Crippen molar-refractivity contribution in [1.29, 1.82) is 0 Å². The van der Waals surface area contributed by atoms with Gasteiger partial charge in [0.1, 0.15) is 0 Å².